The van der Waals surface area contributed by atoms with Crippen LogP contribution in [0.15, 0.2) is 34.9 Å². The molecule has 8 heteroatoms. The Morgan fingerprint density at radius 2 is 2.04 bits per heavy atom. The third kappa shape index (κ3) is 3.64. The molecular weight excluding hydrogens is 351 g/mol. The van der Waals surface area contributed by atoms with Crippen LogP contribution in [0.25, 0.3) is 22.4 Å². The Kier molecular flexibility index (Phi) is 5.16. The van der Waals surface area contributed by atoms with Crippen molar-refractivity contribution in [1.82, 2.24) is 20.8 Å². The highest BCUT2D eigenvalue weighted by Gasteiger charge is 2.23. The minimum absolute atomic E-state index is 0.129. The molecule has 2 amide bonds. The van der Waals surface area contributed by atoms with Crippen molar-refractivity contribution in [2.24, 2.45) is 0 Å². The molecule has 2 aromatic heterocycles. The fraction of sp³-hybridized carbons (Fsp3) is 0.263. The van der Waals surface area contributed by atoms with Crippen LogP contribution in [0, 0.1) is 12.7 Å². The summed E-state index contributed by atoms with van der Waals surface area (Å²) in [6, 6.07) is 6.85. The number of nitrogens with zero attached hydrogens (tertiary/aromatic N) is 2. The summed E-state index contributed by atoms with van der Waals surface area (Å²) in [5.74, 6) is -1.26. The van der Waals surface area contributed by atoms with Crippen LogP contribution in [-0.2, 0) is 4.79 Å². The number of benzene rings is 1. The maximum atomic E-state index is 14.2. The number of pyridine rings is 1. The van der Waals surface area contributed by atoms with Gasteiger partial charge in [0.25, 0.3) is 11.6 Å². The van der Waals surface area contributed by atoms with Crippen molar-refractivity contribution < 1.29 is 18.5 Å². The Balaban J connectivity index is 2.06. The third-order valence-electron chi connectivity index (χ3n) is 4.10. The van der Waals surface area contributed by atoms with Gasteiger partial charge in [-0.05, 0) is 39.0 Å². The number of hydrogen-bond acceptors (Lipinski definition) is 5. The lowest BCUT2D eigenvalue weighted by Crippen LogP contribution is -2.44. The topological polar surface area (TPSA) is 97.1 Å². The molecule has 0 bridgehead atoms. The van der Waals surface area contributed by atoms with Crippen molar-refractivity contribution in [2.75, 3.05) is 6.54 Å². The predicted octanol–water partition coefficient (Wildman–Crippen LogP) is 2.59. The average Bonchev–Trinajstić information content (AvgIpc) is 3.02. The van der Waals surface area contributed by atoms with Crippen LogP contribution in [0.1, 0.15) is 29.9 Å². The number of carbonyl (C=O) groups is 2. The van der Waals surface area contributed by atoms with E-state index < -0.39 is 17.8 Å². The largest absolute Gasteiger partial charge is 0.355 e. The highest BCUT2D eigenvalue weighted by atomic mass is 19.1. The fourth-order valence-electron chi connectivity index (χ4n) is 2.75. The van der Waals surface area contributed by atoms with Gasteiger partial charge in [0.15, 0.2) is 0 Å². The monoisotopic (exact) mass is 370 g/mol. The summed E-state index contributed by atoms with van der Waals surface area (Å²) in [6.07, 6.45) is 0. The van der Waals surface area contributed by atoms with Gasteiger partial charge in [-0.3, -0.25) is 9.59 Å². The highest BCUT2D eigenvalue weighted by molar-refractivity contribution is 6.08. The first-order chi connectivity index (χ1) is 12.9. The van der Waals surface area contributed by atoms with E-state index in [-0.39, 0.29) is 28.4 Å². The van der Waals surface area contributed by atoms with Gasteiger partial charge in [0, 0.05) is 12.1 Å². The van der Waals surface area contributed by atoms with E-state index in [1.54, 1.807) is 39.0 Å². The molecule has 0 saturated carbocycles. The van der Waals surface area contributed by atoms with Crippen molar-refractivity contribution in [3.05, 3.63) is 47.4 Å². The molecule has 1 aromatic carbocycles. The molecule has 2 heterocycles. The summed E-state index contributed by atoms with van der Waals surface area (Å²) in [5, 5.41) is 9.56. The lowest BCUT2D eigenvalue weighted by Gasteiger charge is -2.14. The summed E-state index contributed by atoms with van der Waals surface area (Å²) in [6.45, 7) is 5.51. The van der Waals surface area contributed by atoms with Crippen LogP contribution in [0.5, 0.6) is 0 Å². The molecule has 2 N–H and O–H groups in total. The van der Waals surface area contributed by atoms with Gasteiger partial charge >= 0.3 is 0 Å². The van der Waals surface area contributed by atoms with Crippen molar-refractivity contribution in [3.63, 3.8) is 0 Å². The molecule has 0 aliphatic carbocycles. The molecule has 0 aliphatic rings. The molecule has 0 saturated heterocycles. The zero-order valence-corrected chi connectivity index (χ0v) is 15.2. The van der Waals surface area contributed by atoms with Gasteiger partial charge in [-0.25, -0.2) is 9.37 Å². The van der Waals surface area contributed by atoms with Gasteiger partial charge in [-0.15, -0.1) is 0 Å². The molecule has 3 aromatic rings. The summed E-state index contributed by atoms with van der Waals surface area (Å²) in [4.78, 5) is 29.0. The van der Waals surface area contributed by atoms with Crippen molar-refractivity contribution >= 4 is 22.9 Å². The molecule has 1 atom stereocenters. The Morgan fingerprint density at radius 3 is 2.74 bits per heavy atom. The second kappa shape index (κ2) is 7.53. The zero-order chi connectivity index (χ0) is 19.6. The Labute approximate surface area is 154 Å². The number of rotatable bonds is 5. The smallest absolute Gasteiger partial charge is 0.259 e. The summed E-state index contributed by atoms with van der Waals surface area (Å²) in [7, 11) is 0. The van der Waals surface area contributed by atoms with Crippen LogP contribution in [-0.4, -0.2) is 34.5 Å². The van der Waals surface area contributed by atoms with Crippen LogP contribution >= 0.6 is 0 Å². The molecule has 27 heavy (non-hydrogen) atoms. The number of aryl methyl sites for hydroxylation is 1. The van der Waals surface area contributed by atoms with Crippen LogP contribution in [0.2, 0.25) is 0 Å². The number of aromatic nitrogens is 2. The quantitative estimate of drug-likeness (QED) is 0.719. The second-order valence-corrected chi connectivity index (χ2v) is 6.07. The highest BCUT2D eigenvalue weighted by Crippen LogP contribution is 2.28. The summed E-state index contributed by atoms with van der Waals surface area (Å²) in [5.41, 5.74) is 1.30. The first-order valence-corrected chi connectivity index (χ1v) is 8.52. The maximum absolute atomic E-state index is 14.2. The van der Waals surface area contributed by atoms with E-state index >= 15 is 0 Å². The number of nitrogens with one attached hydrogen (secondary N) is 2. The molecule has 0 radical (unpaired) electrons. The van der Waals surface area contributed by atoms with Gasteiger partial charge in [0.1, 0.15) is 11.9 Å². The third-order valence-corrected chi connectivity index (χ3v) is 4.10. The van der Waals surface area contributed by atoms with E-state index in [2.05, 4.69) is 20.8 Å². The lowest BCUT2D eigenvalue weighted by atomic mass is 10.0. The van der Waals surface area contributed by atoms with Crippen LogP contribution in [0.4, 0.5) is 4.39 Å². The predicted molar refractivity (Wildman–Crippen MR) is 97.5 cm³/mol. The first kappa shape index (κ1) is 18.5. The number of fused-ring (bicyclic) bond motifs is 1. The van der Waals surface area contributed by atoms with Gasteiger partial charge in [0.05, 0.1) is 22.3 Å². The SMILES string of the molecule is CCNC(=O)[C@H](C)NC(=O)c1cc(-c2ccccc2F)nc2onc(C)c12. The minimum Gasteiger partial charge on any atom is -0.355 e. The minimum atomic E-state index is -0.738. The van der Waals surface area contributed by atoms with Crippen molar-refractivity contribution in [1.29, 1.82) is 0 Å². The van der Waals surface area contributed by atoms with E-state index in [1.165, 1.54) is 12.1 Å². The number of likely N-dealkylation sites (N-methyl/N-ethyl adjacent to an activating group) is 1. The summed E-state index contributed by atoms with van der Waals surface area (Å²) < 4.78 is 19.4. The number of carbonyl (C=O) groups excluding carboxylic acids is 2. The molecule has 7 nitrogen and oxygen atoms in total. The molecule has 0 unspecified atom stereocenters. The van der Waals surface area contributed by atoms with Gasteiger partial charge in [0.2, 0.25) is 5.91 Å². The molecular formula is C19H19FN4O3. The fourth-order valence-corrected chi connectivity index (χ4v) is 2.75. The maximum Gasteiger partial charge on any atom is 0.259 e. The standard InChI is InChI=1S/C19H19FN4O3/c1-4-21-17(25)11(3)22-18(26)13-9-15(12-7-5-6-8-14(12)20)23-19-16(13)10(2)24-27-19/h5-9,11H,4H2,1-3H3,(H,21,25)(H,22,26)/t11-/m0/s1. The van der Waals surface area contributed by atoms with Gasteiger partial charge < -0.3 is 15.2 Å². The van der Waals surface area contributed by atoms with Crippen molar-refractivity contribution in [3.8, 4) is 11.3 Å². The average molecular weight is 370 g/mol. The molecule has 0 fully saturated rings. The number of amides is 2. The number of halogens is 1. The van der Waals surface area contributed by atoms with E-state index in [4.69, 9.17) is 4.52 Å². The van der Waals surface area contributed by atoms with E-state index in [0.717, 1.165) is 0 Å². The molecule has 0 spiro atoms. The summed E-state index contributed by atoms with van der Waals surface area (Å²) >= 11 is 0. The zero-order valence-electron chi connectivity index (χ0n) is 15.2. The normalized spacial score (nSPS) is 12.0. The van der Waals surface area contributed by atoms with Crippen LogP contribution in [0.3, 0.4) is 0 Å². The van der Waals surface area contributed by atoms with E-state index in [1.807, 2.05) is 0 Å². The Morgan fingerprint density at radius 1 is 1.30 bits per heavy atom. The lowest BCUT2D eigenvalue weighted by molar-refractivity contribution is -0.122. The van der Waals surface area contributed by atoms with Crippen LogP contribution < -0.4 is 10.6 Å². The van der Waals surface area contributed by atoms with E-state index in [0.29, 0.717) is 17.6 Å². The van der Waals surface area contributed by atoms with Gasteiger partial charge in [-0.2, -0.15) is 0 Å². The van der Waals surface area contributed by atoms with Gasteiger partial charge in [-0.1, -0.05) is 17.3 Å². The molecule has 3 rings (SSSR count). The molecule has 0 aliphatic heterocycles. The first-order valence-electron chi connectivity index (χ1n) is 8.52. The second-order valence-electron chi connectivity index (χ2n) is 6.07. The van der Waals surface area contributed by atoms with E-state index in [9.17, 15) is 14.0 Å². The Bertz CT molecular complexity index is 1020. The number of hydrogen-bond donors (Lipinski definition) is 2. The Hall–Kier alpha value is -3.29. The van der Waals surface area contributed by atoms with Crippen molar-refractivity contribution in [2.45, 2.75) is 26.8 Å². The molecule has 140 valence electrons.